The molecule has 0 spiro atoms. The second-order valence-corrected chi connectivity index (χ2v) is 11.1. The lowest BCUT2D eigenvalue weighted by Crippen LogP contribution is -2.24. The number of nitrogens with one attached hydrogen (secondary N) is 1. The van der Waals surface area contributed by atoms with Gasteiger partial charge in [-0.15, -0.1) is 0 Å². The summed E-state index contributed by atoms with van der Waals surface area (Å²) in [6.45, 7) is 9.29. The number of ether oxygens (including phenoxy) is 1. The first-order chi connectivity index (χ1) is 17.4. The first-order valence-corrected chi connectivity index (χ1v) is 12.8. The SMILES string of the molecule is Cc1cc(C2CC2c2cccc(F)c2)nc(C)c1NC(=O)c1cc(CCC(=O)OC(C)(C)C)ccc1Cl. The Hall–Kier alpha value is -3.25. The van der Waals surface area contributed by atoms with E-state index in [1.807, 2.05) is 46.8 Å². The van der Waals surface area contributed by atoms with Crippen molar-refractivity contribution in [3.05, 3.63) is 93.0 Å². The Morgan fingerprint density at radius 1 is 1.11 bits per heavy atom. The lowest BCUT2D eigenvalue weighted by Gasteiger charge is -2.19. The van der Waals surface area contributed by atoms with Gasteiger partial charge in [-0.3, -0.25) is 14.6 Å². The third-order valence-corrected chi connectivity index (χ3v) is 6.75. The highest BCUT2D eigenvalue weighted by Gasteiger charge is 2.41. The van der Waals surface area contributed by atoms with Gasteiger partial charge in [-0.2, -0.15) is 0 Å². The maximum absolute atomic E-state index is 13.6. The van der Waals surface area contributed by atoms with Crippen molar-refractivity contribution in [2.45, 2.75) is 71.3 Å². The average molecular weight is 523 g/mol. The maximum atomic E-state index is 13.6. The largest absolute Gasteiger partial charge is 0.460 e. The summed E-state index contributed by atoms with van der Waals surface area (Å²) in [4.78, 5) is 30.0. The molecule has 0 radical (unpaired) electrons. The van der Waals surface area contributed by atoms with Gasteiger partial charge in [-0.05, 0) is 100 Å². The van der Waals surface area contributed by atoms with Crippen LogP contribution in [0, 0.1) is 19.7 Å². The second-order valence-electron chi connectivity index (χ2n) is 10.7. The Morgan fingerprint density at radius 3 is 2.54 bits per heavy atom. The van der Waals surface area contributed by atoms with Crippen LogP contribution in [0.1, 0.15) is 83.9 Å². The molecular formula is C30H32ClFN2O3. The molecule has 0 aliphatic heterocycles. The predicted molar refractivity (Wildman–Crippen MR) is 144 cm³/mol. The van der Waals surface area contributed by atoms with Gasteiger partial charge in [0.15, 0.2) is 0 Å². The lowest BCUT2D eigenvalue weighted by molar-refractivity contribution is -0.154. The third-order valence-electron chi connectivity index (χ3n) is 6.42. The molecule has 2 aromatic carbocycles. The fraction of sp³-hybridized carbons (Fsp3) is 0.367. The molecule has 3 aromatic rings. The van der Waals surface area contributed by atoms with Gasteiger partial charge in [0.1, 0.15) is 11.4 Å². The molecule has 194 valence electrons. The molecule has 37 heavy (non-hydrogen) atoms. The maximum Gasteiger partial charge on any atom is 0.306 e. The summed E-state index contributed by atoms with van der Waals surface area (Å²) in [5.41, 5.74) is 4.81. The molecule has 4 rings (SSSR count). The van der Waals surface area contributed by atoms with E-state index >= 15 is 0 Å². The number of pyridine rings is 1. The van der Waals surface area contributed by atoms with E-state index in [-0.39, 0.29) is 36.0 Å². The first-order valence-electron chi connectivity index (χ1n) is 12.5. The molecule has 0 saturated heterocycles. The molecule has 1 aliphatic carbocycles. The van der Waals surface area contributed by atoms with Crippen molar-refractivity contribution in [3.63, 3.8) is 0 Å². The normalized spacial score (nSPS) is 16.8. The molecular weight excluding hydrogens is 491 g/mol. The van der Waals surface area contributed by atoms with Gasteiger partial charge in [-0.25, -0.2) is 4.39 Å². The number of aromatic nitrogens is 1. The molecule has 1 aliphatic rings. The topological polar surface area (TPSA) is 68.3 Å². The van der Waals surface area contributed by atoms with Crippen molar-refractivity contribution in [1.82, 2.24) is 4.98 Å². The summed E-state index contributed by atoms with van der Waals surface area (Å²) in [6, 6.07) is 13.9. The van der Waals surface area contributed by atoms with Gasteiger partial charge >= 0.3 is 5.97 Å². The molecule has 1 amide bonds. The second kappa shape index (κ2) is 10.6. The van der Waals surface area contributed by atoms with Crippen molar-refractivity contribution >= 4 is 29.2 Å². The van der Waals surface area contributed by atoms with Crippen molar-refractivity contribution in [2.24, 2.45) is 0 Å². The number of halogens is 2. The van der Waals surface area contributed by atoms with Crippen LogP contribution in [0.2, 0.25) is 5.02 Å². The summed E-state index contributed by atoms with van der Waals surface area (Å²) >= 11 is 6.35. The molecule has 7 heteroatoms. The number of carbonyl (C=O) groups excluding carboxylic acids is 2. The van der Waals surface area contributed by atoms with Crippen molar-refractivity contribution < 1.29 is 18.7 Å². The summed E-state index contributed by atoms with van der Waals surface area (Å²) < 4.78 is 19.0. The van der Waals surface area contributed by atoms with Gasteiger partial charge in [0.25, 0.3) is 5.91 Å². The minimum absolute atomic E-state index is 0.210. The predicted octanol–water partition coefficient (Wildman–Crippen LogP) is 7.29. The molecule has 1 aromatic heterocycles. The summed E-state index contributed by atoms with van der Waals surface area (Å²) in [7, 11) is 0. The summed E-state index contributed by atoms with van der Waals surface area (Å²) in [5, 5.41) is 3.30. The van der Waals surface area contributed by atoms with Crippen LogP contribution in [0.3, 0.4) is 0 Å². The number of anilines is 1. The minimum Gasteiger partial charge on any atom is -0.460 e. The van der Waals surface area contributed by atoms with E-state index in [0.717, 1.165) is 28.8 Å². The molecule has 2 atom stereocenters. The van der Waals surface area contributed by atoms with E-state index in [4.69, 9.17) is 21.3 Å². The molecule has 0 bridgehead atoms. The van der Waals surface area contributed by atoms with Crippen LogP contribution in [0.15, 0.2) is 48.5 Å². The van der Waals surface area contributed by atoms with Crippen LogP contribution in [-0.4, -0.2) is 22.5 Å². The lowest BCUT2D eigenvalue weighted by atomic mass is 10.0. The van der Waals surface area contributed by atoms with Crippen molar-refractivity contribution in [1.29, 1.82) is 0 Å². The number of amides is 1. The number of benzene rings is 2. The van der Waals surface area contributed by atoms with Gasteiger partial charge in [0.05, 0.1) is 22.0 Å². The number of rotatable bonds is 7. The zero-order valence-electron chi connectivity index (χ0n) is 21.8. The zero-order chi connectivity index (χ0) is 26.9. The molecule has 5 nitrogen and oxygen atoms in total. The Morgan fingerprint density at radius 2 is 1.86 bits per heavy atom. The zero-order valence-corrected chi connectivity index (χ0v) is 22.6. The van der Waals surface area contributed by atoms with E-state index in [9.17, 15) is 14.0 Å². The van der Waals surface area contributed by atoms with Crippen molar-refractivity contribution in [2.75, 3.05) is 5.32 Å². The Kier molecular flexibility index (Phi) is 7.69. The van der Waals surface area contributed by atoms with Gasteiger partial charge in [-0.1, -0.05) is 29.8 Å². The molecule has 1 N–H and O–H groups in total. The molecule has 2 unspecified atom stereocenters. The molecule has 1 fully saturated rings. The smallest absolute Gasteiger partial charge is 0.306 e. The molecule has 1 saturated carbocycles. The van der Waals surface area contributed by atoms with E-state index in [1.54, 1.807) is 30.3 Å². The highest BCUT2D eigenvalue weighted by atomic mass is 35.5. The molecule has 1 heterocycles. The summed E-state index contributed by atoms with van der Waals surface area (Å²) in [6.07, 6.45) is 1.57. The highest BCUT2D eigenvalue weighted by Crippen LogP contribution is 2.54. The average Bonchev–Trinajstić information content (AvgIpc) is 3.61. The fourth-order valence-corrected chi connectivity index (χ4v) is 4.79. The third kappa shape index (κ3) is 6.75. The Bertz CT molecular complexity index is 1330. The van der Waals surface area contributed by atoms with Crippen LogP contribution in [0.5, 0.6) is 0 Å². The van der Waals surface area contributed by atoms with E-state index in [1.165, 1.54) is 6.07 Å². The number of esters is 1. The number of aryl methyl sites for hydroxylation is 3. The number of nitrogens with zero attached hydrogens (tertiary/aromatic N) is 1. The Balaban J connectivity index is 1.45. The number of hydrogen-bond acceptors (Lipinski definition) is 4. The monoisotopic (exact) mass is 522 g/mol. The van der Waals surface area contributed by atoms with Crippen LogP contribution in [-0.2, 0) is 16.0 Å². The minimum atomic E-state index is -0.540. The number of hydrogen-bond donors (Lipinski definition) is 1. The summed E-state index contributed by atoms with van der Waals surface area (Å²) in [5.74, 6) is -0.367. The highest BCUT2D eigenvalue weighted by molar-refractivity contribution is 6.34. The van der Waals surface area contributed by atoms with Gasteiger partial charge in [0, 0.05) is 18.0 Å². The fourth-order valence-electron chi connectivity index (χ4n) is 4.59. The van der Waals surface area contributed by atoms with E-state index in [0.29, 0.717) is 28.4 Å². The first kappa shape index (κ1) is 26.8. The van der Waals surface area contributed by atoms with Crippen LogP contribution >= 0.6 is 11.6 Å². The van der Waals surface area contributed by atoms with Gasteiger partial charge < -0.3 is 10.1 Å². The van der Waals surface area contributed by atoms with Crippen molar-refractivity contribution in [3.8, 4) is 0 Å². The van der Waals surface area contributed by atoms with Crippen LogP contribution < -0.4 is 5.32 Å². The van der Waals surface area contributed by atoms with Crippen LogP contribution in [0.4, 0.5) is 10.1 Å². The van der Waals surface area contributed by atoms with E-state index < -0.39 is 5.60 Å². The number of carbonyl (C=O) groups is 2. The quantitative estimate of drug-likeness (QED) is 0.331. The van der Waals surface area contributed by atoms with Crippen LogP contribution in [0.25, 0.3) is 0 Å². The van der Waals surface area contributed by atoms with E-state index in [2.05, 4.69) is 5.32 Å². The standard InChI is InChI=1S/C30H32ClFN2O3/c1-17-13-26(23-16-22(23)20-7-6-8-21(32)15-20)33-18(2)28(17)34-29(36)24-14-19(9-11-25(24)31)10-12-27(35)37-30(3,4)5/h6-9,11,13-15,22-23H,10,12,16H2,1-5H3,(H,34,36). The Labute approximate surface area is 222 Å². The van der Waals surface area contributed by atoms with Gasteiger partial charge in [0.2, 0.25) is 0 Å².